The topological polar surface area (TPSA) is 89.7 Å². The van der Waals surface area contributed by atoms with Crippen LogP contribution in [0.15, 0.2) is 12.1 Å². The Morgan fingerprint density at radius 1 is 1.62 bits per heavy atom. The van der Waals surface area contributed by atoms with Crippen LogP contribution in [0.1, 0.15) is 5.56 Å². The molecule has 0 aliphatic rings. The average molecular weight is 229 g/mol. The van der Waals surface area contributed by atoms with Crippen molar-refractivity contribution in [3.8, 4) is 5.75 Å². The minimum atomic E-state index is -1.24. The van der Waals surface area contributed by atoms with Crippen LogP contribution in [-0.4, -0.2) is 23.1 Å². The van der Waals surface area contributed by atoms with Crippen molar-refractivity contribution in [3.63, 3.8) is 0 Å². The Hall–Kier alpha value is -2.18. The second kappa shape index (κ2) is 4.56. The summed E-state index contributed by atoms with van der Waals surface area (Å²) in [7, 11) is 1.19. The third kappa shape index (κ3) is 2.44. The van der Waals surface area contributed by atoms with Gasteiger partial charge in [0, 0.05) is 5.56 Å². The molecule has 0 saturated heterocycles. The lowest BCUT2D eigenvalue weighted by atomic mass is 10.1. The van der Waals surface area contributed by atoms with E-state index in [0.717, 1.165) is 6.07 Å². The zero-order valence-corrected chi connectivity index (χ0v) is 8.27. The summed E-state index contributed by atoms with van der Waals surface area (Å²) in [5, 5.41) is 19.1. The van der Waals surface area contributed by atoms with Gasteiger partial charge in [-0.25, -0.2) is 4.39 Å². The van der Waals surface area contributed by atoms with Gasteiger partial charge in [-0.3, -0.25) is 14.9 Å². The van der Waals surface area contributed by atoms with Crippen molar-refractivity contribution in [2.75, 3.05) is 7.11 Å². The van der Waals surface area contributed by atoms with Crippen LogP contribution in [-0.2, 0) is 11.2 Å². The highest BCUT2D eigenvalue weighted by Gasteiger charge is 2.20. The first kappa shape index (κ1) is 11.9. The molecule has 0 saturated carbocycles. The lowest BCUT2D eigenvalue weighted by molar-refractivity contribution is -0.385. The highest BCUT2D eigenvalue weighted by atomic mass is 19.1. The highest BCUT2D eigenvalue weighted by Crippen LogP contribution is 2.27. The average Bonchev–Trinajstić information content (AvgIpc) is 2.19. The molecule has 0 atom stereocenters. The Morgan fingerprint density at radius 2 is 2.25 bits per heavy atom. The van der Waals surface area contributed by atoms with Crippen LogP contribution in [0.5, 0.6) is 5.75 Å². The number of nitrogens with zero attached hydrogens (tertiary/aromatic N) is 1. The number of aliphatic carboxylic acids is 1. The van der Waals surface area contributed by atoms with Crippen molar-refractivity contribution < 1.29 is 24.0 Å². The molecule has 86 valence electrons. The number of nitro groups is 1. The van der Waals surface area contributed by atoms with E-state index in [1.165, 1.54) is 7.11 Å². The van der Waals surface area contributed by atoms with E-state index in [4.69, 9.17) is 5.11 Å². The van der Waals surface area contributed by atoms with Crippen molar-refractivity contribution in [1.29, 1.82) is 0 Å². The number of ether oxygens (including phenoxy) is 1. The van der Waals surface area contributed by atoms with E-state index in [1.54, 1.807) is 0 Å². The lowest BCUT2D eigenvalue weighted by Gasteiger charge is -2.05. The molecule has 0 unspecified atom stereocenters. The number of rotatable bonds is 4. The van der Waals surface area contributed by atoms with E-state index < -0.39 is 28.8 Å². The number of halogens is 1. The summed E-state index contributed by atoms with van der Waals surface area (Å²) in [4.78, 5) is 20.2. The van der Waals surface area contributed by atoms with E-state index in [9.17, 15) is 19.3 Å². The van der Waals surface area contributed by atoms with E-state index in [-0.39, 0.29) is 11.3 Å². The fourth-order valence-electron chi connectivity index (χ4n) is 1.22. The highest BCUT2D eigenvalue weighted by molar-refractivity contribution is 5.72. The molecule has 0 fully saturated rings. The molecule has 1 N–H and O–H groups in total. The summed E-state index contributed by atoms with van der Waals surface area (Å²) in [6, 6.07) is 1.67. The molecule has 0 aliphatic heterocycles. The van der Waals surface area contributed by atoms with E-state index >= 15 is 0 Å². The van der Waals surface area contributed by atoms with Gasteiger partial charge in [0.05, 0.1) is 24.5 Å². The smallest absolute Gasteiger partial charge is 0.308 e. The zero-order valence-electron chi connectivity index (χ0n) is 8.27. The van der Waals surface area contributed by atoms with Gasteiger partial charge in [-0.05, 0) is 6.07 Å². The van der Waals surface area contributed by atoms with Crippen LogP contribution in [0, 0.1) is 15.9 Å². The third-order valence-electron chi connectivity index (χ3n) is 1.89. The molecule has 1 aromatic rings. The van der Waals surface area contributed by atoms with Gasteiger partial charge in [0.2, 0.25) is 0 Å². The quantitative estimate of drug-likeness (QED) is 0.622. The second-order valence-corrected chi connectivity index (χ2v) is 2.94. The van der Waals surface area contributed by atoms with Gasteiger partial charge in [-0.15, -0.1) is 0 Å². The fraction of sp³-hybridized carbons (Fsp3) is 0.222. The van der Waals surface area contributed by atoms with E-state index in [0.29, 0.717) is 6.07 Å². The van der Waals surface area contributed by atoms with E-state index in [2.05, 4.69) is 4.74 Å². The molecule has 1 rings (SSSR count). The van der Waals surface area contributed by atoms with E-state index in [1.807, 2.05) is 0 Å². The molecule has 7 heteroatoms. The number of hydrogen-bond acceptors (Lipinski definition) is 4. The SMILES string of the molecule is COc1cc(CC(=O)O)c([N+](=O)[O-])cc1F. The maximum absolute atomic E-state index is 13.2. The molecule has 0 aliphatic carbocycles. The lowest BCUT2D eigenvalue weighted by Crippen LogP contribution is -2.05. The normalized spacial score (nSPS) is 9.88. The maximum atomic E-state index is 13.2. The summed E-state index contributed by atoms with van der Waals surface area (Å²) < 4.78 is 17.8. The minimum Gasteiger partial charge on any atom is -0.494 e. The number of nitro benzene ring substituents is 1. The maximum Gasteiger partial charge on any atom is 0.308 e. The molecular formula is C9H8FNO5. The largest absolute Gasteiger partial charge is 0.494 e. The molecule has 0 radical (unpaired) electrons. The Morgan fingerprint density at radius 3 is 2.69 bits per heavy atom. The van der Waals surface area contributed by atoms with Gasteiger partial charge < -0.3 is 9.84 Å². The van der Waals surface area contributed by atoms with Gasteiger partial charge >= 0.3 is 5.97 Å². The monoisotopic (exact) mass is 229 g/mol. The molecule has 0 aromatic heterocycles. The van der Waals surface area contributed by atoms with Crippen LogP contribution in [0.2, 0.25) is 0 Å². The number of hydrogen-bond donors (Lipinski definition) is 1. The van der Waals surface area contributed by atoms with Gasteiger partial charge in [0.25, 0.3) is 5.69 Å². The van der Waals surface area contributed by atoms with Crippen LogP contribution >= 0.6 is 0 Å². The third-order valence-corrected chi connectivity index (χ3v) is 1.89. The summed E-state index contributed by atoms with van der Waals surface area (Å²) in [5.41, 5.74) is -0.670. The summed E-state index contributed by atoms with van der Waals surface area (Å²) in [6.45, 7) is 0. The molecule has 6 nitrogen and oxygen atoms in total. The molecule has 0 spiro atoms. The fourth-order valence-corrected chi connectivity index (χ4v) is 1.22. The standard InChI is InChI=1S/C9H8FNO5/c1-16-8-2-5(3-9(12)13)7(11(14)15)4-6(8)10/h2,4H,3H2,1H3,(H,12,13). The van der Waals surface area contributed by atoms with Gasteiger partial charge in [0.1, 0.15) is 0 Å². The zero-order chi connectivity index (χ0) is 12.3. The number of carboxylic acid groups (broad SMARTS) is 1. The molecular weight excluding hydrogens is 221 g/mol. The van der Waals surface area contributed by atoms with Crippen LogP contribution in [0.25, 0.3) is 0 Å². The van der Waals surface area contributed by atoms with Crippen molar-refractivity contribution in [3.05, 3.63) is 33.6 Å². The van der Waals surface area contributed by atoms with Gasteiger partial charge in [-0.1, -0.05) is 0 Å². The van der Waals surface area contributed by atoms with Crippen molar-refractivity contribution in [1.82, 2.24) is 0 Å². The summed E-state index contributed by atoms with van der Waals surface area (Å²) >= 11 is 0. The molecule has 0 amide bonds. The van der Waals surface area contributed by atoms with Crippen molar-refractivity contribution >= 4 is 11.7 Å². The molecule has 16 heavy (non-hydrogen) atoms. The van der Waals surface area contributed by atoms with Crippen molar-refractivity contribution in [2.45, 2.75) is 6.42 Å². The predicted molar refractivity (Wildman–Crippen MR) is 50.9 cm³/mol. The predicted octanol–water partition coefficient (Wildman–Crippen LogP) is 1.37. The Kier molecular flexibility index (Phi) is 3.39. The molecule has 0 bridgehead atoms. The second-order valence-electron chi connectivity index (χ2n) is 2.94. The molecule has 1 aromatic carbocycles. The first-order valence-electron chi connectivity index (χ1n) is 4.18. The first-order valence-corrected chi connectivity index (χ1v) is 4.18. The number of methoxy groups -OCH3 is 1. The van der Waals surface area contributed by atoms with Crippen LogP contribution in [0.3, 0.4) is 0 Å². The summed E-state index contributed by atoms with van der Waals surface area (Å²) in [5.74, 6) is -2.36. The number of benzene rings is 1. The minimum absolute atomic E-state index is 0.101. The van der Waals surface area contributed by atoms with Gasteiger partial charge in [-0.2, -0.15) is 0 Å². The Balaban J connectivity index is 3.30. The van der Waals surface area contributed by atoms with Crippen LogP contribution in [0.4, 0.5) is 10.1 Å². The molecule has 0 heterocycles. The number of carbonyl (C=O) groups is 1. The Bertz CT molecular complexity index is 446. The van der Waals surface area contributed by atoms with Crippen LogP contribution < -0.4 is 4.74 Å². The van der Waals surface area contributed by atoms with Crippen molar-refractivity contribution in [2.24, 2.45) is 0 Å². The van der Waals surface area contributed by atoms with Gasteiger partial charge in [0.15, 0.2) is 11.6 Å². The first-order chi connectivity index (χ1) is 7.45. The Labute approximate surface area is 89.4 Å². The summed E-state index contributed by atoms with van der Waals surface area (Å²) in [6.07, 6.45) is -0.563. The number of carboxylic acids is 1.